The molecule has 1 atom stereocenters. The van der Waals surface area contributed by atoms with E-state index in [1.807, 2.05) is 11.4 Å². The van der Waals surface area contributed by atoms with Crippen molar-refractivity contribution < 1.29 is 9.90 Å². The average Bonchev–Trinajstić information content (AvgIpc) is 2.86. The Morgan fingerprint density at radius 1 is 1.71 bits per heavy atom. The number of carbonyl (C=O) groups is 1. The van der Waals surface area contributed by atoms with Crippen molar-refractivity contribution in [3.63, 3.8) is 0 Å². The zero-order valence-corrected chi connectivity index (χ0v) is 11.1. The van der Waals surface area contributed by atoms with Crippen LogP contribution in [-0.4, -0.2) is 27.1 Å². The van der Waals surface area contributed by atoms with Crippen LogP contribution in [-0.2, 0) is 11.2 Å². The van der Waals surface area contributed by atoms with Gasteiger partial charge >= 0.3 is 5.97 Å². The van der Waals surface area contributed by atoms with Gasteiger partial charge in [0.2, 0.25) is 0 Å². The van der Waals surface area contributed by atoms with Crippen LogP contribution in [0.2, 0.25) is 0 Å². The van der Waals surface area contributed by atoms with Crippen LogP contribution < -0.4 is 5.73 Å². The van der Waals surface area contributed by atoms with E-state index >= 15 is 0 Å². The maximum Gasteiger partial charge on any atom is 0.320 e. The second-order valence-electron chi connectivity index (χ2n) is 3.52. The maximum atomic E-state index is 10.6. The molecule has 0 bridgehead atoms. The van der Waals surface area contributed by atoms with E-state index in [1.165, 1.54) is 0 Å². The Morgan fingerprint density at radius 2 is 2.47 bits per heavy atom. The largest absolute Gasteiger partial charge is 0.480 e. The van der Waals surface area contributed by atoms with Crippen molar-refractivity contribution in [2.45, 2.75) is 12.5 Å². The van der Waals surface area contributed by atoms with Crippen LogP contribution in [0.1, 0.15) is 5.82 Å². The number of halogens is 1. The van der Waals surface area contributed by atoms with E-state index in [-0.39, 0.29) is 6.42 Å². The zero-order valence-electron chi connectivity index (χ0n) is 8.68. The first-order valence-electron chi connectivity index (χ1n) is 4.83. The highest BCUT2D eigenvalue weighted by Crippen LogP contribution is 2.28. The van der Waals surface area contributed by atoms with Crippen LogP contribution >= 0.6 is 27.3 Å². The van der Waals surface area contributed by atoms with E-state index < -0.39 is 12.0 Å². The predicted molar refractivity (Wildman–Crippen MR) is 68.9 cm³/mol. The molecule has 1 unspecified atom stereocenters. The van der Waals surface area contributed by atoms with E-state index in [9.17, 15) is 4.79 Å². The summed E-state index contributed by atoms with van der Waals surface area (Å²) >= 11 is 4.95. The molecule has 0 aliphatic carbocycles. The molecular weight excluding hydrogens is 306 g/mol. The van der Waals surface area contributed by atoms with E-state index in [2.05, 4.69) is 25.9 Å². The topological polar surface area (TPSA) is 92.0 Å². The number of aromatic nitrogens is 2. The van der Waals surface area contributed by atoms with E-state index in [4.69, 9.17) is 10.8 Å². The number of aromatic amines is 1. The van der Waals surface area contributed by atoms with Gasteiger partial charge in [-0.2, -0.15) is 0 Å². The van der Waals surface area contributed by atoms with Crippen LogP contribution in [0.25, 0.3) is 10.6 Å². The minimum absolute atomic E-state index is 0.196. The molecule has 0 amide bonds. The molecule has 2 aromatic rings. The van der Waals surface area contributed by atoms with E-state index in [0.717, 1.165) is 15.0 Å². The fraction of sp³-hybridized carbons (Fsp3) is 0.200. The summed E-state index contributed by atoms with van der Waals surface area (Å²) in [5, 5.41) is 10.7. The molecular formula is C10H10BrN3O2S. The Morgan fingerprint density at radius 3 is 3.06 bits per heavy atom. The summed E-state index contributed by atoms with van der Waals surface area (Å²) in [5.74, 6) is -0.443. The lowest BCUT2D eigenvalue weighted by molar-refractivity contribution is -0.138. The molecule has 0 fully saturated rings. The van der Waals surface area contributed by atoms with Crippen molar-refractivity contribution in [3.05, 3.63) is 27.9 Å². The molecule has 17 heavy (non-hydrogen) atoms. The predicted octanol–water partition coefficient (Wildman–Crippen LogP) is 1.86. The van der Waals surface area contributed by atoms with Crippen LogP contribution in [0.4, 0.5) is 0 Å². The van der Waals surface area contributed by atoms with Crippen LogP contribution in [0.5, 0.6) is 0 Å². The first-order chi connectivity index (χ1) is 8.06. The number of nitrogens with zero attached hydrogens (tertiary/aromatic N) is 1. The molecule has 0 radical (unpaired) electrons. The normalized spacial score (nSPS) is 12.6. The second kappa shape index (κ2) is 4.99. The van der Waals surface area contributed by atoms with Gasteiger partial charge in [0.05, 0.1) is 16.8 Å². The molecule has 0 aromatic carbocycles. The third-order valence-electron chi connectivity index (χ3n) is 2.19. The number of hydrogen-bond donors (Lipinski definition) is 3. The van der Waals surface area contributed by atoms with Crippen molar-refractivity contribution in [2.24, 2.45) is 5.73 Å². The number of thiophene rings is 1. The summed E-state index contributed by atoms with van der Waals surface area (Å²) in [6.45, 7) is 0. The highest BCUT2D eigenvalue weighted by Gasteiger charge is 2.14. The molecule has 0 saturated heterocycles. The molecule has 7 heteroatoms. The molecule has 90 valence electrons. The van der Waals surface area contributed by atoms with Crippen molar-refractivity contribution in [1.82, 2.24) is 9.97 Å². The van der Waals surface area contributed by atoms with Gasteiger partial charge in [-0.25, -0.2) is 4.98 Å². The lowest BCUT2D eigenvalue weighted by Gasteiger charge is -2.02. The molecule has 2 rings (SSSR count). The van der Waals surface area contributed by atoms with Gasteiger partial charge in [-0.3, -0.25) is 4.79 Å². The molecule has 2 heterocycles. The fourth-order valence-electron chi connectivity index (χ4n) is 1.34. The van der Waals surface area contributed by atoms with Crippen molar-refractivity contribution in [1.29, 1.82) is 0 Å². The molecule has 0 aliphatic heterocycles. The van der Waals surface area contributed by atoms with Crippen LogP contribution in [0.3, 0.4) is 0 Å². The lowest BCUT2D eigenvalue weighted by Crippen LogP contribution is -2.32. The SMILES string of the molecule is NC(Cc1ncc(-c2cc(Br)cs2)[nH]1)C(=O)O. The standard InChI is InChI=1S/C10H10BrN3O2S/c11-5-1-8(17-4-5)7-3-13-9(14-7)2-6(12)10(15)16/h1,3-4,6H,2,12H2,(H,13,14)(H,15,16). The van der Waals surface area contributed by atoms with E-state index in [1.54, 1.807) is 17.5 Å². The van der Waals surface area contributed by atoms with Crippen LogP contribution in [0, 0.1) is 0 Å². The Balaban J connectivity index is 2.13. The number of hydrogen-bond acceptors (Lipinski definition) is 4. The van der Waals surface area contributed by atoms with Gasteiger partial charge < -0.3 is 15.8 Å². The smallest absolute Gasteiger partial charge is 0.320 e. The second-order valence-corrected chi connectivity index (χ2v) is 5.35. The molecule has 5 nitrogen and oxygen atoms in total. The van der Waals surface area contributed by atoms with Gasteiger partial charge in [-0.1, -0.05) is 0 Å². The Hall–Kier alpha value is -1.18. The maximum absolute atomic E-state index is 10.6. The molecule has 2 aromatic heterocycles. The molecule has 4 N–H and O–H groups in total. The van der Waals surface area contributed by atoms with Gasteiger partial charge in [0.25, 0.3) is 0 Å². The summed E-state index contributed by atoms with van der Waals surface area (Å²) in [7, 11) is 0. The Bertz CT molecular complexity index is 537. The lowest BCUT2D eigenvalue weighted by atomic mass is 10.2. The first-order valence-corrected chi connectivity index (χ1v) is 6.50. The van der Waals surface area contributed by atoms with E-state index in [0.29, 0.717) is 5.82 Å². The summed E-state index contributed by atoms with van der Waals surface area (Å²) in [6.07, 6.45) is 1.88. The molecule has 0 saturated carbocycles. The molecule has 0 aliphatic rings. The highest BCUT2D eigenvalue weighted by molar-refractivity contribution is 9.10. The monoisotopic (exact) mass is 315 g/mol. The number of aliphatic carboxylic acids is 1. The minimum Gasteiger partial charge on any atom is -0.480 e. The summed E-state index contributed by atoms with van der Waals surface area (Å²) < 4.78 is 1.01. The number of H-pyrrole nitrogens is 1. The van der Waals surface area contributed by atoms with Gasteiger partial charge in [-0.15, -0.1) is 11.3 Å². The average molecular weight is 316 g/mol. The quantitative estimate of drug-likeness (QED) is 0.803. The number of nitrogens with one attached hydrogen (secondary N) is 1. The van der Waals surface area contributed by atoms with Crippen molar-refractivity contribution >= 4 is 33.2 Å². The fourth-order valence-corrected chi connectivity index (χ4v) is 2.74. The third kappa shape index (κ3) is 2.93. The third-order valence-corrected chi connectivity index (χ3v) is 3.92. The van der Waals surface area contributed by atoms with Gasteiger partial charge in [0.15, 0.2) is 0 Å². The summed E-state index contributed by atoms with van der Waals surface area (Å²) in [6, 6.07) is 1.04. The zero-order chi connectivity index (χ0) is 12.4. The van der Waals surface area contributed by atoms with Gasteiger partial charge in [0, 0.05) is 16.3 Å². The summed E-state index contributed by atoms with van der Waals surface area (Å²) in [5.41, 5.74) is 6.30. The Kier molecular flexibility index (Phi) is 3.60. The van der Waals surface area contributed by atoms with Crippen LogP contribution in [0.15, 0.2) is 22.1 Å². The number of imidazole rings is 1. The first kappa shape index (κ1) is 12.3. The molecule has 0 spiro atoms. The highest BCUT2D eigenvalue weighted by atomic mass is 79.9. The number of rotatable bonds is 4. The number of carboxylic acids is 1. The van der Waals surface area contributed by atoms with Crippen molar-refractivity contribution in [2.75, 3.05) is 0 Å². The van der Waals surface area contributed by atoms with Crippen molar-refractivity contribution in [3.8, 4) is 10.6 Å². The number of nitrogens with two attached hydrogens (primary N) is 1. The minimum atomic E-state index is -1.03. The Labute approximate surface area is 110 Å². The van der Waals surface area contributed by atoms with Gasteiger partial charge in [0.1, 0.15) is 11.9 Å². The number of carboxylic acid groups (broad SMARTS) is 1. The summed E-state index contributed by atoms with van der Waals surface area (Å²) in [4.78, 5) is 18.8. The van der Waals surface area contributed by atoms with Gasteiger partial charge in [-0.05, 0) is 22.0 Å².